The quantitative estimate of drug-likeness (QED) is 0.491. The van der Waals surface area contributed by atoms with E-state index in [1.807, 2.05) is 18.2 Å². The van der Waals surface area contributed by atoms with Crippen LogP contribution in [-0.2, 0) is 13.0 Å². The van der Waals surface area contributed by atoms with E-state index in [2.05, 4.69) is 45.5 Å². The number of nitrogens with two attached hydrogens (primary N) is 1. The maximum absolute atomic E-state index is 6.13. The number of likely N-dealkylation sites (tertiary alicyclic amines) is 1. The van der Waals surface area contributed by atoms with Crippen LogP contribution in [-0.4, -0.2) is 50.8 Å². The Labute approximate surface area is 180 Å². The van der Waals surface area contributed by atoms with E-state index in [9.17, 15) is 0 Å². The number of methoxy groups -OCH3 is 2. The van der Waals surface area contributed by atoms with Crippen molar-refractivity contribution in [2.75, 3.05) is 33.9 Å². The Morgan fingerprint density at radius 2 is 1.87 bits per heavy atom. The Morgan fingerprint density at radius 3 is 2.63 bits per heavy atom. The number of guanidine groups is 1. The minimum absolute atomic E-state index is 0.449. The van der Waals surface area contributed by atoms with Crippen molar-refractivity contribution in [2.45, 2.75) is 38.3 Å². The summed E-state index contributed by atoms with van der Waals surface area (Å²) >= 11 is 0. The molecule has 0 radical (unpaired) electrons. The van der Waals surface area contributed by atoms with Gasteiger partial charge in [0, 0.05) is 19.1 Å². The first-order valence-corrected chi connectivity index (χ1v) is 10.7. The Morgan fingerprint density at radius 1 is 1.07 bits per heavy atom. The number of benzene rings is 2. The first-order valence-electron chi connectivity index (χ1n) is 10.7. The molecule has 3 rings (SSSR count). The topological polar surface area (TPSA) is 72.1 Å². The van der Waals surface area contributed by atoms with Crippen LogP contribution in [0.25, 0.3) is 0 Å². The normalized spacial score (nSPS) is 17.5. The summed E-state index contributed by atoms with van der Waals surface area (Å²) in [7, 11) is 3.29. The third-order valence-electron chi connectivity index (χ3n) is 5.62. The number of ether oxygens (including phenoxy) is 2. The van der Waals surface area contributed by atoms with E-state index in [1.54, 1.807) is 14.2 Å². The number of rotatable bonds is 9. The van der Waals surface area contributed by atoms with Gasteiger partial charge in [-0.05, 0) is 49.1 Å². The Kier molecular flexibility index (Phi) is 8.39. The fraction of sp³-hybridized carbons (Fsp3) is 0.458. The summed E-state index contributed by atoms with van der Waals surface area (Å²) in [5.41, 5.74) is 8.65. The number of aliphatic imine (C=N–C) groups is 1. The second kappa shape index (κ2) is 11.5. The van der Waals surface area contributed by atoms with Gasteiger partial charge in [0.05, 0.1) is 20.8 Å². The Hall–Kier alpha value is -2.73. The van der Waals surface area contributed by atoms with Crippen LogP contribution in [0, 0.1) is 0 Å². The highest BCUT2D eigenvalue weighted by Gasteiger charge is 2.22. The Bertz CT molecular complexity index is 810. The second-order valence-electron chi connectivity index (χ2n) is 7.70. The molecule has 0 bridgehead atoms. The van der Waals surface area contributed by atoms with Crippen LogP contribution >= 0.6 is 0 Å². The van der Waals surface area contributed by atoms with Gasteiger partial charge in [-0.3, -0.25) is 9.89 Å². The number of hydrogen-bond acceptors (Lipinski definition) is 4. The van der Waals surface area contributed by atoms with Gasteiger partial charge in [-0.15, -0.1) is 0 Å². The van der Waals surface area contributed by atoms with Gasteiger partial charge in [-0.1, -0.05) is 42.8 Å². The molecule has 1 heterocycles. The summed E-state index contributed by atoms with van der Waals surface area (Å²) in [6, 6.07) is 17.1. The van der Waals surface area contributed by atoms with E-state index in [0.717, 1.165) is 49.7 Å². The number of nitrogens with one attached hydrogen (secondary N) is 1. The van der Waals surface area contributed by atoms with Crippen molar-refractivity contribution in [3.63, 3.8) is 0 Å². The SMILES string of the molecule is COc1ccc(CCNC(N)=NCC2CCCCN2Cc2ccccc2)cc1OC. The van der Waals surface area contributed by atoms with E-state index in [0.29, 0.717) is 12.0 Å². The molecule has 1 atom stereocenters. The molecular weight excluding hydrogens is 376 g/mol. The molecule has 1 unspecified atom stereocenters. The van der Waals surface area contributed by atoms with E-state index < -0.39 is 0 Å². The highest BCUT2D eigenvalue weighted by Crippen LogP contribution is 2.27. The summed E-state index contributed by atoms with van der Waals surface area (Å²) in [5, 5.41) is 3.24. The molecule has 0 amide bonds. The molecule has 6 heteroatoms. The van der Waals surface area contributed by atoms with Gasteiger partial charge in [-0.2, -0.15) is 0 Å². The fourth-order valence-corrected chi connectivity index (χ4v) is 3.92. The lowest BCUT2D eigenvalue weighted by atomic mass is 10.0. The van der Waals surface area contributed by atoms with Gasteiger partial charge in [0.15, 0.2) is 17.5 Å². The summed E-state index contributed by atoms with van der Waals surface area (Å²) in [5.74, 6) is 2.00. The Balaban J connectivity index is 1.47. The maximum atomic E-state index is 6.13. The summed E-state index contributed by atoms with van der Waals surface area (Å²) in [6.45, 7) is 3.57. The van der Waals surface area contributed by atoms with E-state index in [-0.39, 0.29) is 0 Å². The van der Waals surface area contributed by atoms with E-state index >= 15 is 0 Å². The van der Waals surface area contributed by atoms with Crippen LogP contribution < -0.4 is 20.5 Å². The molecule has 0 aromatic heterocycles. The molecule has 6 nitrogen and oxygen atoms in total. The minimum atomic E-state index is 0.449. The predicted octanol–water partition coefficient (Wildman–Crippen LogP) is 3.21. The van der Waals surface area contributed by atoms with Crippen LogP contribution in [0.3, 0.4) is 0 Å². The van der Waals surface area contributed by atoms with Gasteiger partial charge in [-0.25, -0.2) is 0 Å². The van der Waals surface area contributed by atoms with Gasteiger partial charge >= 0.3 is 0 Å². The summed E-state index contributed by atoms with van der Waals surface area (Å²) in [4.78, 5) is 7.17. The predicted molar refractivity (Wildman–Crippen MR) is 122 cm³/mol. The van der Waals surface area contributed by atoms with Crippen LogP contribution in [0.2, 0.25) is 0 Å². The summed E-state index contributed by atoms with van der Waals surface area (Å²) in [6.07, 6.45) is 4.53. The molecular formula is C24H34N4O2. The standard InChI is InChI=1S/C24H34N4O2/c1-29-22-12-11-19(16-23(22)30-2)13-14-26-24(25)27-17-21-10-6-7-15-28(21)18-20-8-4-3-5-9-20/h3-5,8-9,11-12,16,21H,6-7,10,13-15,17-18H2,1-2H3,(H3,25,26,27). The van der Waals surface area contributed by atoms with Crippen molar-refractivity contribution in [3.05, 3.63) is 59.7 Å². The lowest BCUT2D eigenvalue weighted by molar-refractivity contribution is 0.145. The largest absolute Gasteiger partial charge is 0.493 e. The van der Waals surface area contributed by atoms with Crippen LogP contribution in [0.1, 0.15) is 30.4 Å². The molecule has 30 heavy (non-hydrogen) atoms. The number of nitrogens with zero attached hydrogens (tertiary/aromatic N) is 2. The smallest absolute Gasteiger partial charge is 0.188 e. The zero-order chi connectivity index (χ0) is 21.2. The molecule has 162 valence electrons. The highest BCUT2D eigenvalue weighted by atomic mass is 16.5. The lowest BCUT2D eigenvalue weighted by Gasteiger charge is -2.35. The summed E-state index contributed by atoms with van der Waals surface area (Å²) < 4.78 is 10.6. The van der Waals surface area contributed by atoms with Crippen molar-refractivity contribution < 1.29 is 9.47 Å². The molecule has 1 aliphatic rings. The zero-order valence-corrected chi connectivity index (χ0v) is 18.1. The lowest BCUT2D eigenvalue weighted by Crippen LogP contribution is -2.42. The number of hydrogen-bond donors (Lipinski definition) is 2. The van der Waals surface area contributed by atoms with Crippen molar-refractivity contribution >= 4 is 5.96 Å². The van der Waals surface area contributed by atoms with Crippen molar-refractivity contribution in [1.29, 1.82) is 0 Å². The van der Waals surface area contributed by atoms with Gasteiger partial charge in [0.2, 0.25) is 0 Å². The third-order valence-corrected chi connectivity index (χ3v) is 5.62. The minimum Gasteiger partial charge on any atom is -0.493 e. The number of piperidine rings is 1. The molecule has 1 saturated heterocycles. The molecule has 1 fully saturated rings. The molecule has 2 aromatic rings. The highest BCUT2D eigenvalue weighted by molar-refractivity contribution is 5.77. The first-order chi connectivity index (χ1) is 14.7. The molecule has 3 N–H and O–H groups in total. The molecule has 0 spiro atoms. The first kappa shape index (κ1) is 22.0. The van der Waals surface area contributed by atoms with Gasteiger partial charge in [0.1, 0.15) is 0 Å². The van der Waals surface area contributed by atoms with E-state index in [4.69, 9.17) is 15.2 Å². The van der Waals surface area contributed by atoms with Crippen molar-refractivity contribution in [2.24, 2.45) is 10.7 Å². The zero-order valence-electron chi connectivity index (χ0n) is 18.1. The van der Waals surface area contributed by atoms with Crippen molar-refractivity contribution in [1.82, 2.24) is 10.2 Å². The molecule has 0 saturated carbocycles. The second-order valence-corrected chi connectivity index (χ2v) is 7.70. The molecule has 0 aliphatic carbocycles. The van der Waals surface area contributed by atoms with Gasteiger partial charge < -0.3 is 20.5 Å². The van der Waals surface area contributed by atoms with Gasteiger partial charge in [0.25, 0.3) is 0 Å². The molecule has 2 aromatic carbocycles. The monoisotopic (exact) mass is 410 g/mol. The fourth-order valence-electron chi connectivity index (χ4n) is 3.92. The average Bonchev–Trinajstić information content (AvgIpc) is 2.79. The van der Waals surface area contributed by atoms with Crippen LogP contribution in [0.5, 0.6) is 11.5 Å². The molecule has 1 aliphatic heterocycles. The van der Waals surface area contributed by atoms with Crippen LogP contribution in [0.4, 0.5) is 0 Å². The maximum Gasteiger partial charge on any atom is 0.188 e. The third kappa shape index (κ3) is 6.39. The van der Waals surface area contributed by atoms with E-state index in [1.165, 1.54) is 24.8 Å². The van der Waals surface area contributed by atoms with Crippen LogP contribution in [0.15, 0.2) is 53.5 Å². The average molecular weight is 411 g/mol. The van der Waals surface area contributed by atoms with Crippen molar-refractivity contribution in [3.8, 4) is 11.5 Å².